The summed E-state index contributed by atoms with van der Waals surface area (Å²) in [5.74, 6) is 6.40. The zero-order valence-electron chi connectivity index (χ0n) is 15.3. The number of nitrogens with zero attached hydrogens (tertiary/aromatic N) is 1. The molecular weight excluding hydrogens is 354 g/mol. The van der Waals surface area contributed by atoms with Crippen LogP contribution >= 0.6 is 11.3 Å². The molecule has 27 heavy (non-hydrogen) atoms. The first-order chi connectivity index (χ1) is 13.4. The monoisotopic (exact) mass is 377 g/mol. The molecule has 1 unspecified atom stereocenters. The first-order valence-electron chi connectivity index (χ1n) is 9.50. The summed E-state index contributed by atoms with van der Waals surface area (Å²) in [4.78, 5) is 4.56. The molecule has 0 aliphatic carbocycles. The second-order valence-corrected chi connectivity index (χ2v) is 7.61. The summed E-state index contributed by atoms with van der Waals surface area (Å²) < 4.78 is 12.5. The normalized spacial score (nSPS) is 16.8. The average molecular weight is 378 g/mol. The van der Waals surface area contributed by atoms with Gasteiger partial charge in [0.1, 0.15) is 0 Å². The van der Waals surface area contributed by atoms with Crippen molar-refractivity contribution in [2.75, 3.05) is 13.2 Å². The van der Waals surface area contributed by atoms with Crippen LogP contribution in [0.4, 0.5) is 0 Å². The number of thiophene rings is 1. The number of benzene rings is 1. The van der Waals surface area contributed by atoms with Crippen molar-refractivity contribution in [3.8, 4) is 11.8 Å². The third kappa shape index (κ3) is 4.95. The van der Waals surface area contributed by atoms with E-state index >= 15 is 0 Å². The minimum absolute atomic E-state index is 0.0266. The molecule has 0 bridgehead atoms. The van der Waals surface area contributed by atoms with Gasteiger partial charge in [-0.2, -0.15) is 0 Å². The Morgan fingerprint density at radius 3 is 2.93 bits per heavy atom. The number of fused-ring (bicyclic) bond motifs is 1. The van der Waals surface area contributed by atoms with Crippen LogP contribution in [-0.2, 0) is 15.9 Å². The van der Waals surface area contributed by atoms with Gasteiger partial charge >= 0.3 is 0 Å². The highest BCUT2D eigenvalue weighted by Crippen LogP contribution is 2.24. The summed E-state index contributed by atoms with van der Waals surface area (Å²) in [7, 11) is 0. The minimum Gasteiger partial charge on any atom is -0.353 e. The first kappa shape index (κ1) is 18.2. The van der Waals surface area contributed by atoms with Gasteiger partial charge in [0.25, 0.3) is 0 Å². The lowest BCUT2D eigenvalue weighted by atomic mass is 10.1. The molecule has 0 spiro atoms. The van der Waals surface area contributed by atoms with Crippen LogP contribution in [0.15, 0.2) is 48.0 Å². The van der Waals surface area contributed by atoms with Gasteiger partial charge in [0.2, 0.25) is 0 Å². The lowest BCUT2D eigenvalue weighted by molar-refractivity contribution is -0.161. The van der Waals surface area contributed by atoms with Gasteiger partial charge in [0, 0.05) is 31.2 Å². The highest BCUT2D eigenvalue weighted by molar-refractivity contribution is 7.17. The maximum Gasteiger partial charge on any atom is 0.157 e. The van der Waals surface area contributed by atoms with Crippen LogP contribution in [0.1, 0.15) is 42.5 Å². The molecule has 1 aromatic carbocycles. The summed E-state index contributed by atoms with van der Waals surface area (Å²) in [5, 5.41) is 3.40. The van der Waals surface area contributed by atoms with Crippen molar-refractivity contribution in [2.24, 2.45) is 0 Å². The Kier molecular flexibility index (Phi) is 6.16. The third-order valence-electron chi connectivity index (χ3n) is 4.67. The number of hydrogen-bond donors (Lipinski definition) is 0. The van der Waals surface area contributed by atoms with E-state index in [0.29, 0.717) is 6.61 Å². The topological polar surface area (TPSA) is 31.4 Å². The smallest absolute Gasteiger partial charge is 0.157 e. The Morgan fingerprint density at radius 1 is 1.15 bits per heavy atom. The fourth-order valence-electron chi connectivity index (χ4n) is 3.22. The highest BCUT2D eigenvalue weighted by atomic mass is 32.1. The maximum absolute atomic E-state index is 5.70. The number of ether oxygens (including phenoxy) is 2. The van der Waals surface area contributed by atoms with Gasteiger partial charge in [0.15, 0.2) is 6.29 Å². The van der Waals surface area contributed by atoms with E-state index in [-0.39, 0.29) is 6.29 Å². The Bertz CT molecular complexity index is 930. The van der Waals surface area contributed by atoms with Crippen LogP contribution in [0.2, 0.25) is 0 Å². The van der Waals surface area contributed by atoms with Gasteiger partial charge in [-0.25, -0.2) is 0 Å². The Hall–Kier alpha value is -2.19. The van der Waals surface area contributed by atoms with Crippen molar-refractivity contribution in [2.45, 2.75) is 38.4 Å². The van der Waals surface area contributed by atoms with E-state index in [1.807, 2.05) is 6.20 Å². The van der Waals surface area contributed by atoms with Gasteiger partial charge in [-0.05, 0) is 59.9 Å². The molecule has 3 heterocycles. The Labute approximate surface area is 164 Å². The predicted molar refractivity (Wildman–Crippen MR) is 110 cm³/mol. The van der Waals surface area contributed by atoms with E-state index in [4.69, 9.17) is 9.47 Å². The number of aromatic nitrogens is 1. The second kappa shape index (κ2) is 9.14. The molecule has 1 aliphatic rings. The standard InChI is InChI=1S/C23H23NO2S/c1(3-14-25-22-6-2-4-15-26-22)5-18-7-9-19(10-8-18)17-21-23-20(11-13-24-21)12-16-27-23/h7-13,16,22H,2-4,6,14-15,17H2. The molecule has 1 saturated heterocycles. The SMILES string of the molecule is C(#Cc1ccc(Cc2nccc3ccsc23)cc1)CCOC1CCCCO1. The fraction of sp³-hybridized carbons (Fsp3) is 0.348. The van der Waals surface area contributed by atoms with Crippen LogP contribution in [0.5, 0.6) is 0 Å². The summed E-state index contributed by atoms with van der Waals surface area (Å²) in [6.45, 7) is 1.45. The molecule has 1 aliphatic heterocycles. The lowest BCUT2D eigenvalue weighted by Crippen LogP contribution is -2.22. The number of rotatable bonds is 5. The predicted octanol–water partition coefficient (Wildman–Crippen LogP) is 5.17. The van der Waals surface area contributed by atoms with Crippen molar-refractivity contribution in [1.82, 2.24) is 4.98 Å². The van der Waals surface area contributed by atoms with Crippen molar-refractivity contribution < 1.29 is 9.47 Å². The molecule has 2 aromatic heterocycles. The van der Waals surface area contributed by atoms with Crippen LogP contribution < -0.4 is 0 Å². The summed E-state index contributed by atoms with van der Waals surface area (Å²) in [6, 6.07) is 12.7. The van der Waals surface area contributed by atoms with Crippen molar-refractivity contribution in [3.05, 3.63) is 64.8 Å². The molecule has 0 radical (unpaired) electrons. The van der Waals surface area contributed by atoms with Gasteiger partial charge in [0.05, 0.1) is 17.0 Å². The summed E-state index contributed by atoms with van der Waals surface area (Å²) in [6.07, 6.45) is 6.79. The van der Waals surface area contributed by atoms with E-state index in [9.17, 15) is 0 Å². The van der Waals surface area contributed by atoms with Gasteiger partial charge in [-0.1, -0.05) is 24.0 Å². The van der Waals surface area contributed by atoms with Gasteiger partial charge < -0.3 is 9.47 Å². The fourth-order valence-corrected chi connectivity index (χ4v) is 4.11. The zero-order valence-corrected chi connectivity index (χ0v) is 16.1. The molecule has 4 rings (SSSR count). The molecule has 1 fully saturated rings. The Balaban J connectivity index is 1.29. The molecule has 0 saturated carbocycles. The molecule has 0 N–H and O–H groups in total. The summed E-state index contributed by atoms with van der Waals surface area (Å²) in [5.41, 5.74) is 3.44. The van der Waals surface area contributed by atoms with Crippen LogP contribution in [0.25, 0.3) is 10.1 Å². The van der Waals surface area contributed by atoms with E-state index in [1.165, 1.54) is 22.1 Å². The molecule has 0 amide bonds. The zero-order chi connectivity index (χ0) is 18.3. The summed E-state index contributed by atoms with van der Waals surface area (Å²) >= 11 is 1.76. The second-order valence-electron chi connectivity index (χ2n) is 6.69. The van der Waals surface area contributed by atoms with Crippen molar-refractivity contribution >= 4 is 21.4 Å². The van der Waals surface area contributed by atoms with Crippen LogP contribution in [-0.4, -0.2) is 24.5 Å². The average Bonchev–Trinajstić information content (AvgIpc) is 3.20. The lowest BCUT2D eigenvalue weighted by Gasteiger charge is -2.22. The van der Waals surface area contributed by atoms with E-state index in [0.717, 1.165) is 43.5 Å². The van der Waals surface area contributed by atoms with E-state index < -0.39 is 0 Å². The van der Waals surface area contributed by atoms with Crippen LogP contribution in [0, 0.1) is 11.8 Å². The number of hydrogen-bond acceptors (Lipinski definition) is 4. The van der Waals surface area contributed by atoms with Crippen molar-refractivity contribution in [3.63, 3.8) is 0 Å². The Morgan fingerprint density at radius 2 is 2.07 bits per heavy atom. The molecule has 4 heteroatoms. The third-order valence-corrected chi connectivity index (χ3v) is 5.65. The molecule has 138 valence electrons. The van der Waals surface area contributed by atoms with E-state index in [1.54, 1.807) is 11.3 Å². The maximum atomic E-state index is 5.70. The van der Waals surface area contributed by atoms with E-state index in [2.05, 4.69) is 58.6 Å². The molecule has 3 nitrogen and oxygen atoms in total. The number of pyridine rings is 1. The molecule has 3 aromatic rings. The van der Waals surface area contributed by atoms with Crippen LogP contribution in [0.3, 0.4) is 0 Å². The van der Waals surface area contributed by atoms with Gasteiger partial charge in [-0.15, -0.1) is 11.3 Å². The minimum atomic E-state index is -0.0266. The van der Waals surface area contributed by atoms with Crippen molar-refractivity contribution in [1.29, 1.82) is 0 Å². The van der Waals surface area contributed by atoms with Gasteiger partial charge in [-0.3, -0.25) is 4.98 Å². The molecular formula is C23H23NO2S. The quantitative estimate of drug-likeness (QED) is 0.454. The first-order valence-corrected chi connectivity index (χ1v) is 10.4. The molecule has 1 atom stereocenters. The largest absolute Gasteiger partial charge is 0.353 e. The highest BCUT2D eigenvalue weighted by Gasteiger charge is 2.12.